The summed E-state index contributed by atoms with van der Waals surface area (Å²) < 4.78 is 5.44. The number of amides is 1. The molecular formula is C22H26N4O5S. The number of carbonyl (C=O) groups excluding carboxylic acids is 1. The lowest BCUT2D eigenvalue weighted by molar-refractivity contribution is -0.138. The number of carboxylic acids is 1. The Morgan fingerprint density at radius 2 is 2.09 bits per heavy atom. The van der Waals surface area contributed by atoms with Crippen LogP contribution in [-0.4, -0.2) is 46.8 Å². The van der Waals surface area contributed by atoms with E-state index in [0.29, 0.717) is 34.8 Å². The van der Waals surface area contributed by atoms with E-state index in [-0.39, 0.29) is 24.3 Å². The molecule has 0 radical (unpaired) electrons. The van der Waals surface area contributed by atoms with Gasteiger partial charge in [0.25, 0.3) is 11.5 Å². The van der Waals surface area contributed by atoms with Crippen LogP contribution < -0.4 is 15.8 Å². The van der Waals surface area contributed by atoms with Crippen molar-refractivity contribution in [2.24, 2.45) is 0 Å². The van der Waals surface area contributed by atoms with Gasteiger partial charge in [-0.25, -0.2) is 4.98 Å². The molecule has 10 heteroatoms. The Morgan fingerprint density at radius 3 is 2.81 bits per heavy atom. The molecule has 3 N–H and O–H groups in total. The second-order valence-corrected chi connectivity index (χ2v) is 8.41. The lowest BCUT2D eigenvalue weighted by Gasteiger charge is -2.18. The number of thiophene rings is 1. The number of hydrogen-bond donors (Lipinski definition) is 3. The molecule has 0 fully saturated rings. The van der Waals surface area contributed by atoms with Gasteiger partial charge in [0.2, 0.25) is 0 Å². The lowest BCUT2D eigenvalue weighted by atomic mass is 10.1. The van der Waals surface area contributed by atoms with E-state index in [9.17, 15) is 14.4 Å². The SMILES string of the molecule is CCO[C@H](CCC(=O)O)NC(=O)c1ccc(N(C)Cc2ccc3nc(C)[nH]c(=O)c3c2)s1. The number of fused-ring (bicyclic) bond motifs is 1. The van der Waals surface area contributed by atoms with Crippen LogP contribution in [0.4, 0.5) is 5.00 Å². The number of nitrogens with one attached hydrogen (secondary N) is 2. The summed E-state index contributed by atoms with van der Waals surface area (Å²) in [5.41, 5.74) is 1.43. The van der Waals surface area contributed by atoms with Crippen LogP contribution in [0.5, 0.6) is 0 Å². The fourth-order valence-electron chi connectivity index (χ4n) is 3.28. The number of ether oxygens (including phenoxy) is 1. The molecule has 0 unspecified atom stereocenters. The minimum atomic E-state index is -0.939. The normalized spacial score (nSPS) is 12.0. The number of anilines is 1. The van der Waals surface area contributed by atoms with E-state index < -0.39 is 12.2 Å². The third-order valence-electron chi connectivity index (χ3n) is 4.78. The largest absolute Gasteiger partial charge is 0.481 e. The number of carbonyl (C=O) groups is 2. The first-order valence-electron chi connectivity index (χ1n) is 10.2. The molecule has 1 atom stereocenters. The molecule has 1 aromatic carbocycles. The Morgan fingerprint density at radius 1 is 1.31 bits per heavy atom. The van der Waals surface area contributed by atoms with Crippen molar-refractivity contribution in [3.63, 3.8) is 0 Å². The van der Waals surface area contributed by atoms with Gasteiger partial charge in [-0.1, -0.05) is 6.07 Å². The van der Waals surface area contributed by atoms with E-state index in [0.717, 1.165) is 10.6 Å². The topological polar surface area (TPSA) is 125 Å². The number of aliphatic carboxylic acids is 1. The predicted molar refractivity (Wildman–Crippen MR) is 123 cm³/mol. The highest BCUT2D eigenvalue weighted by Crippen LogP contribution is 2.27. The Hall–Kier alpha value is -3.24. The van der Waals surface area contributed by atoms with Gasteiger partial charge in [-0.2, -0.15) is 0 Å². The first kappa shape index (κ1) is 23.4. The molecule has 170 valence electrons. The molecule has 0 aliphatic carbocycles. The van der Waals surface area contributed by atoms with Gasteiger partial charge in [0, 0.05) is 33.0 Å². The zero-order chi connectivity index (χ0) is 23.3. The second-order valence-electron chi connectivity index (χ2n) is 7.35. The highest BCUT2D eigenvalue weighted by Gasteiger charge is 2.18. The van der Waals surface area contributed by atoms with E-state index >= 15 is 0 Å². The molecule has 0 bridgehead atoms. The molecule has 0 saturated carbocycles. The first-order valence-corrected chi connectivity index (χ1v) is 11.0. The number of aromatic nitrogens is 2. The molecule has 0 aliphatic heterocycles. The molecular weight excluding hydrogens is 432 g/mol. The minimum absolute atomic E-state index is 0.0902. The molecule has 2 aromatic heterocycles. The van der Waals surface area contributed by atoms with Gasteiger partial charge in [0.15, 0.2) is 0 Å². The maximum atomic E-state index is 12.6. The fourth-order valence-corrected chi connectivity index (χ4v) is 4.15. The highest BCUT2D eigenvalue weighted by atomic mass is 32.1. The van der Waals surface area contributed by atoms with Crippen LogP contribution in [0.3, 0.4) is 0 Å². The summed E-state index contributed by atoms with van der Waals surface area (Å²) in [5.74, 6) is -0.672. The molecule has 1 amide bonds. The van der Waals surface area contributed by atoms with Crippen LogP contribution >= 0.6 is 11.3 Å². The van der Waals surface area contributed by atoms with Crippen molar-refractivity contribution in [1.29, 1.82) is 0 Å². The van der Waals surface area contributed by atoms with Crippen molar-refractivity contribution >= 4 is 39.1 Å². The zero-order valence-corrected chi connectivity index (χ0v) is 19.0. The van der Waals surface area contributed by atoms with Crippen LogP contribution in [0.1, 0.15) is 40.8 Å². The van der Waals surface area contributed by atoms with Crippen LogP contribution in [0.2, 0.25) is 0 Å². The van der Waals surface area contributed by atoms with Gasteiger partial charge in [-0.3, -0.25) is 14.4 Å². The molecule has 0 spiro atoms. The number of hydrogen-bond acceptors (Lipinski definition) is 7. The van der Waals surface area contributed by atoms with Crippen LogP contribution in [-0.2, 0) is 16.1 Å². The van der Waals surface area contributed by atoms with Crippen molar-refractivity contribution in [1.82, 2.24) is 15.3 Å². The summed E-state index contributed by atoms with van der Waals surface area (Å²) in [6.45, 7) is 4.45. The van der Waals surface area contributed by atoms with E-state index in [2.05, 4.69) is 15.3 Å². The Bertz CT molecular complexity index is 1170. The summed E-state index contributed by atoms with van der Waals surface area (Å²) in [4.78, 5) is 45.2. The van der Waals surface area contributed by atoms with Crippen molar-refractivity contribution in [2.45, 2.75) is 39.5 Å². The zero-order valence-electron chi connectivity index (χ0n) is 18.2. The average molecular weight is 459 g/mol. The standard InChI is InChI=1S/C22H26N4O5S/c1-4-31-18(8-10-20(27)28)25-22(30)17-7-9-19(32-17)26(3)12-14-5-6-16-15(11-14)21(29)24-13(2)23-16/h5-7,9,11,18H,4,8,10,12H2,1-3H3,(H,25,30)(H,27,28)(H,23,24,29)/t18-/m1/s1. The number of aromatic amines is 1. The Kier molecular flexibility index (Phi) is 7.60. The number of benzene rings is 1. The van der Waals surface area contributed by atoms with Gasteiger partial charge in [0.1, 0.15) is 12.1 Å². The summed E-state index contributed by atoms with van der Waals surface area (Å²) in [5, 5.41) is 13.0. The highest BCUT2D eigenvalue weighted by molar-refractivity contribution is 7.17. The van der Waals surface area contributed by atoms with Gasteiger partial charge in [0.05, 0.1) is 20.8 Å². The number of H-pyrrole nitrogens is 1. The molecule has 3 rings (SSSR count). The van der Waals surface area contributed by atoms with E-state index in [1.165, 1.54) is 11.3 Å². The minimum Gasteiger partial charge on any atom is -0.481 e. The maximum absolute atomic E-state index is 12.6. The average Bonchev–Trinajstić information content (AvgIpc) is 3.23. The van der Waals surface area contributed by atoms with Gasteiger partial charge in [-0.05, 0) is 43.7 Å². The van der Waals surface area contributed by atoms with Gasteiger partial charge >= 0.3 is 5.97 Å². The quantitative estimate of drug-likeness (QED) is 0.399. The first-order chi connectivity index (χ1) is 15.3. The molecule has 2 heterocycles. The molecule has 0 aliphatic rings. The van der Waals surface area contributed by atoms with Crippen molar-refractivity contribution in [2.75, 3.05) is 18.6 Å². The summed E-state index contributed by atoms with van der Waals surface area (Å²) in [6, 6.07) is 9.17. The van der Waals surface area contributed by atoms with E-state index in [1.807, 2.05) is 36.2 Å². The third kappa shape index (κ3) is 5.92. The van der Waals surface area contributed by atoms with Crippen molar-refractivity contribution in [3.8, 4) is 0 Å². The molecule has 9 nitrogen and oxygen atoms in total. The Labute approximate surface area is 189 Å². The second kappa shape index (κ2) is 10.4. The summed E-state index contributed by atoms with van der Waals surface area (Å²) >= 11 is 1.32. The van der Waals surface area contributed by atoms with E-state index in [1.54, 1.807) is 19.9 Å². The van der Waals surface area contributed by atoms with Gasteiger partial charge < -0.3 is 25.0 Å². The van der Waals surface area contributed by atoms with Crippen LogP contribution in [0.15, 0.2) is 35.1 Å². The third-order valence-corrected chi connectivity index (χ3v) is 5.98. The smallest absolute Gasteiger partial charge is 0.303 e. The number of carboxylic acid groups (broad SMARTS) is 1. The van der Waals surface area contributed by atoms with Crippen molar-refractivity contribution < 1.29 is 19.4 Å². The fraction of sp³-hybridized carbons (Fsp3) is 0.364. The lowest BCUT2D eigenvalue weighted by Crippen LogP contribution is -2.37. The number of nitrogens with zero attached hydrogens (tertiary/aromatic N) is 2. The van der Waals surface area contributed by atoms with Crippen LogP contribution in [0.25, 0.3) is 10.9 Å². The van der Waals surface area contributed by atoms with Gasteiger partial charge in [-0.15, -0.1) is 11.3 Å². The molecule has 32 heavy (non-hydrogen) atoms. The van der Waals surface area contributed by atoms with Crippen molar-refractivity contribution in [3.05, 3.63) is 57.0 Å². The number of aryl methyl sites for hydroxylation is 1. The van der Waals surface area contributed by atoms with E-state index in [4.69, 9.17) is 9.84 Å². The summed E-state index contributed by atoms with van der Waals surface area (Å²) in [7, 11) is 1.91. The maximum Gasteiger partial charge on any atom is 0.303 e. The van der Waals surface area contributed by atoms with Crippen LogP contribution in [0, 0.1) is 6.92 Å². The number of rotatable bonds is 10. The monoisotopic (exact) mass is 458 g/mol. The predicted octanol–water partition coefficient (Wildman–Crippen LogP) is 2.89. The molecule has 0 saturated heterocycles. The molecule has 3 aromatic rings. The Balaban J connectivity index is 1.67. The summed E-state index contributed by atoms with van der Waals surface area (Å²) in [6.07, 6.45) is -0.546.